The molecule has 0 saturated heterocycles. The number of fused-ring (bicyclic) bond motifs is 9. The highest BCUT2D eigenvalue weighted by Gasteiger charge is 2.25. The Hall–Kier alpha value is -6.92. The molecule has 0 fully saturated rings. The molecule has 0 spiro atoms. The predicted molar refractivity (Wildman–Crippen MR) is 207 cm³/mol. The lowest BCUT2D eigenvalue weighted by Crippen LogP contribution is -2.36. The summed E-state index contributed by atoms with van der Waals surface area (Å²) in [5.41, 5.74) is 9.55. The van der Waals surface area contributed by atoms with Crippen LogP contribution in [0.1, 0.15) is 22.9 Å². The maximum absolute atomic E-state index is 6.66. The van der Waals surface area contributed by atoms with Gasteiger partial charge in [-0.1, -0.05) is 115 Å². The van der Waals surface area contributed by atoms with Gasteiger partial charge in [0, 0.05) is 43.6 Å². The van der Waals surface area contributed by atoms with E-state index in [2.05, 4.69) is 113 Å². The molecule has 0 bridgehead atoms. The first kappa shape index (κ1) is 28.0. The Morgan fingerprint density at radius 1 is 0.451 bits per heavy atom. The molecule has 6 heteroatoms. The number of hydrogen-bond donors (Lipinski definition) is 1. The van der Waals surface area contributed by atoms with Gasteiger partial charge in [0.05, 0.1) is 22.1 Å². The molecule has 7 aromatic carbocycles. The number of benzene rings is 7. The zero-order valence-corrected chi connectivity index (χ0v) is 27.2. The smallest absolute Gasteiger partial charge is 0.170 e. The van der Waals surface area contributed by atoms with Gasteiger partial charge in [-0.15, -0.1) is 0 Å². The van der Waals surface area contributed by atoms with Crippen molar-refractivity contribution in [2.75, 3.05) is 0 Å². The Balaban J connectivity index is 1.14. The van der Waals surface area contributed by atoms with Crippen molar-refractivity contribution in [3.8, 4) is 5.69 Å². The molecule has 1 aliphatic heterocycles. The van der Waals surface area contributed by atoms with Crippen LogP contribution in [0.3, 0.4) is 0 Å². The summed E-state index contributed by atoms with van der Waals surface area (Å²) in [6, 6.07) is 54.3. The highest BCUT2D eigenvalue weighted by Crippen LogP contribution is 2.43. The number of furan rings is 2. The van der Waals surface area contributed by atoms with Crippen molar-refractivity contribution in [2.45, 2.75) is 6.17 Å². The van der Waals surface area contributed by atoms with Crippen LogP contribution >= 0.6 is 0 Å². The molecular weight excluding hydrogens is 629 g/mol. The molecule has 0 unspecified atom stereocenters. The number of para-hydroxylation sites is 2. The van der Waals surface area contributed by atoms with Crippen LogP contribution in [0.5, 0.6) is 0 Å². The van der Waals surface area contributed by atoms with Gasteiger partial charge < -0.3 is 18.7 Å². The number of aliphatic imine (C=N–C) groups is 2. The van der Waals surface area contributed by atoms with Gasteiger partial charge in [0.1, 0.15) is 34.0 Å². The maximum atomic E-state index is 6.66. The number of nitrogens with one attached hydrogen (secondary N) is 1. The molecule has 51 heavy (non-hydrogen) atoms. The van der Waals surface area contributed by atoms with E-state index in [0.717, 1.165) is 89.0 Å². The minimum absolute atomic E-state index is 0.491. The van der Waals surface area contributed by atoms with Crippen LogP contribution < -0.4 is 5.32 Å². The van der Waals surface area contributed by atoms with Crippen LogP contribution in [0.4, 0.5) is 0 Å². The third kappa shape index (κ3) is 4.23. The quantitative estimate of drug-likeness (QED) is 0.205. The minimum atomic E-state index is -0.491. The monoisotopic (exact) mass is 656 g/mol. The number of hydrogen-bond acceptors (Lipinski definition) is 5. The van der Waals surface area contributed by atoms with Crippen molar-refractivity contribution in [1.29, 1.82) is 0 Å². The van der Waals surface area contributed by atoms with Crippen LogP contribution in [0, 0.1) is 0 Å². The van der Waals surface area contributed by atoms with Gasteiger partial charge in [-0.2, -0.15) is 0 Å². The lowest BCUT2D eigenvalue weighted by Gasteiger charge is -2.22. The van der Waals surface area contributed by atoms with Crippen LogP contribution in [0.2, 0.25) is 0 Å². The Morgan fingerprint density at radius 2 is 0.961 bits per heavy atom. The molecule has 0 aliphatic carbocycles. The first-order valence-corrected chi connectivity index (χ1v) is 17.1. The maximum Gasteiger partial charge on any atom is 0.170 e. The summed E-state index contributed by atoms with van der Waals surface area (Å²) in [6.45, 7) is 0. The number of amidine groups is 2. The second-order valence-electron chi connectivity index (χ2n) is 13.0. The van der Waals surface area contributed by atoms with E-state index in [1.165, 1.54) is 10.8 Å². The zero-order valence-electron chi connectivity index (χ0n) is 27.2. The normalized spacial score (nSPS) is 13.8. The summed E-state index contributed by atoms with van der Waals surface area (Å²) in [7, 11) is 0. The fourth-order valence-corrected chi connectivity index (χ4v) is 7.81. The second-order valence-corrected chi connectivity index (χ2v) is 13.0. The lowest BCUT2D eigenvalue weighted by atomic mass is 10.0. The van der Waals surface area contributed by atoms with Crippen LogP contribution in [-0.4, -0.2) is 16.2 Å². The van der Waals surface area contributed by atoms with Crippen LogP contribution in [-0.2, 0) is 0 Å². The van der Waals surface area contributed by atoms with E-state index >= 15 is 0 Å². The molecule has 0 amide bonds. The SMILES string of the molecule is c1ccc(C2=NC(c3cccc4oc5cc6c(cc5c34)oc3cccc(-n4c5ccccc5c5ccccc54)c36)N=C(c3ccccc3)N2)cc1. The zero-order chi connectivity index (χ0) is 33.5. The molecule has 10 aromatic rings. The average Bonchev–Trinajstić information content (AvgIpc) is 3.86. The second kappa shape index (κ2) is 10.8. The molecular formula is C45H28N4O2. The molecule has 0 radical (unpaired) electrons. The summed E-state index contributed by atoms with van der Waals surface area (Å²) in [6.07, 6.45) is -0.491. The van der Waals surface area contributed by atoms with Gasteiger partial charge in [-0.3, -0.25) is 0 Å². The summed E-state index contributed by atoms with van der Waals surface area (Å²) in [5, 5.41) is 9.95. The molecule has 3 aromatic heterocycles. The van der Waals surface area contributed by atoms with Gasteiger partial charge in [-0.05, 0) is 42.5 Å². The van der Waals surface area contributed by atoms with E-state index in [4.69, 9.17) is 18.8 Å². The standard InChI is InChI=1S/C45H28N4O2/c1-3-13-27(14-4-1)43-46-44(28-15-5-2-6-16-28)48-45(47-43)31-19-11-23-37-41(31)32-25-40-33(26-39(32)50-37)42-36(22-12-24-38(42)51-40)49-34-20-9-7-17-29(34)30-18-8-10-21-35(30)49/h1-26,45H,(H,46,47,48). The first-order valence-electron chi connectivity index (χ1n) is 17.1. The third-order valence-corrected chi connectivity index (χ3v) is 10.1. The van der Waals surface area contributed by atoms with Gasteiger partial charge in [0.15, 0.2) is 6.17 Å². The van der Waals surface area contributed by atoms with Crippen molar-refractivity contribution < 1.29 is 8.83 Å². The van der Waals surface area contributed by atoms with Crippen molar-refractivity contribution in [1.82, 2.24) is 9.88 Å². The molecule has 4 heterocycles. The molecule has 1 N–H and O–H groups in total. The highest BCUT2D eigenvalue weighted by atomic mass is 16.3. The third-order valence-electron chi connectivity index (χ3n) is 10.1. The molecule has 6 nitrogen and oxygen atoms in total. The number of rotatable bonds is 4. The van der Waals surface area contributed by atoms with E-state index in [1.807, 2.05) is 54.6 Å². The average molecular weight is 657 g/mol. The molecule has 0 saturated carbocycles. The van der Waals surface area contributed by atoms with E-state index in [0.29, 0.717) is 0 Å². The topological polar surface area (TPSA) is 68.0 Å². The Kier molecular flexibility index (Phi) is 5.92. The predicted octanol–water partition coefficient (Wildman–Crippen LogP) is 11.1. The Labute approximate surface area is 291 Å². The van der Waals surface area contributed by atoms with E-state index < -0.39 is 6.17 Å². The van der Waals surface area contributed by atoms with E-state index in [1.54, 1.807) is 0 Å². The minimum Gasteiger partial charge on any atom is -0.456 e. The Bertz CT molecular complexity index is 2950. The number of aromatic nitrogens is 1. The van der Waals surface area contributed by atoms with Gasteiger partial charge >= 0.3 is 0 Å². The van der Waals surface area contributed by atoms with Crippen LogP contribution in [0.25, 0.3) is 71.4 Å². The van der Waals surface area contributed by atoms with Crippen molar-refractivity contribution in [3.63, 3.8) is 0 Å². The van der Waals surface area contributed by atoms with Crippen molar-refractivity contribution >= 4 is 77.4 Å². The molecule has 1 aliphatic rings. The van der Waals surface area contributed by atoms with Gasteiger partial charge in [0.2, 0.25) is 0 Å². The molecule has 11 rings (SSSR count). The van der Waals surface area contributed by atoms with Crippen molar-refractivity contribution in [3.05, 3.63) is 174 Å². The summed E-state index contributed by atoms with van der Waals surface area (Å²) in [5.74, 6) is 1.55. The fourth-order valence-electron chi connectivity index (χ4n) is 7.81. The van der Waals surface area contributed by atoms with E-state index in [-0.39, 0.29) is 0 Å². The Morgan fingerprint density at radius 3 is 1.57 bits per heavy atom. The molecule has 240 valence electrons. The lowest BCUT2D eigenvalue weighted by molar-refractivity contribution is 0.663. The summed E-state index contributed by atoms with van der Waals surface area (Å²) >= 11 is 0. The van der Waals surface area contributed by atoms with Gasteiger partial charge in [-0.25, -0.2) is 9.98 Å². The highest BCUT2D eigenvalue weighted by molar-refractivity contribution is 6.20. The largest absolute Gasteiger partial charge is 0.456 e. The summed E-state index contributed by atoms with van der Waals surface area (Å²) in [4.78, 5) is 10.3. The van der Waals surface area contributed by atoms with Crippen molar-refractivity contribution in [2.24, 2.45) is 9.98 Å². The summed E-state index contributed by atoms with van der Waals surface area (Å²) < 4.78 is 15.7. The first-order chi connectivity index (χ1) is 25.3. The van der Waals surface area contributed by atoms with E-state index in [9.17, 15) is 0 Å². The number of nitrogens with zero attached hydrogens (tertiary/aromatic N) is 3. The molecule has 0 atom stereocenters. The van der Waals surface area contributed by atoms with Gasteiger partial charge in [0.25, 0.3) is 0 Å². The van der Waals surface area contributed by atoms with Crippen LogP contribution in [0.15, 0.2) is 177 Å². The fraction of sp³-hybridized carbons (Fsp3) is 0.0222.